The van der Waals surface area contributed by atoms with E-state index in [1.807, 2.05) is 0 Å². The number of alkyl halides is 5. The van der Waals surface area contributed by atoms with Gasteiger partial charge in [-0.25, -0.2) is 18.3 Å². The third-order valence-electron chi connectivity index (χ3n) is 7.75. The number of amides is 1. The molecule has 8 nitrogen and oxygen atoms in total. The second-order valence-electron chi connectivity index (χ2n) is 13.1. The highest BCUT2D eigenvalue weighted by Crippen LogP contribution is 2.41. The number of carbonyl (C=O) groups excluding carboxylic acids is 2. The number of benzene rings is 2. The van der Waals surface area contributed by atoms with Gasteiger partial charge >= 0.3 is 18.8 Å². The van der Waals surface area contributed by atoms with Crippen molar-refractivity contribution in [1.29, 1.82) is 0 Å². The third kappa shape index (κ3) is 11.1. The minimum atomic E-state index is -4.92. The van der Waals surface area contributed by atoms with E-state index in [-0.39, 0.29) is 24.2 Å². The molecular formula is C33H38F7IN4O4. The SMILES string of the molecule is CC(C)(C)OC(=O)N[C@H](C(=O)C[C@@H](Cc1ccc(I)cc1)[C@@H](O)CNCc1c(F)cc(-c2ccn(C(F)F)n2)cc1F)C(C)(C)C(F)(F)F. The van der Waals surface area contributed by atoms with Gasteiger partial charge in [-0.3, -0.25) is 4.79 Å². The maximum atomic E-state index is 14.9. The largest absolute Gasteiger partial charge is 0.444 e. The van der Waals surface area contributed by atoms with Crippen LogP contribution in [0.25, 0.3) is 11.3 Å². The fraction of sp³-hybridized carbons (Fsp3) is 0.485. The Morgan fingerprint density at radius 1 is 1.00 bits per heavy atom. The van der Waals surface area contributed by atoms with E-state index in [1.54, 1.807) is 24.3 Å². The first kappa shape index (κ1) is 40.2. The van der Waals surface area contributed by atoms with Crippen LogP contribution in [0.5, 0.6) is 0 Å². The Morgan fingerprint density at radius 2 is 1.59 bits per heavy atom. The van der Waals surface area contributed by atoms with Gasteiger partial charge in [0.25, 0.3) is 0 Å². The Kier molecular flexibility index (Phi) is 13.3. The number of aromatic nitrogens is 2. The number of halogens is 8. The van der Waals surface area contributed by atoms with Crippen molar-refractivity contribution in [3.63, 3.8) is 0 Å². The Hall–Kier alpha value is -3.25. The first-order valence-electron chi connectivity index (χ1n) is 15.1. The molecule has 3 aromatic rings. The molecule has 0 aliphatic rings. The average molecular weight is 815 g/mol. The first-order valence-corrected chi connectivity index (χ1v) is 16.2. The Morgan fingerprint density at radius 3 is 2.10 bits per heavy atom. The summed E-state index contributed by atoms with van der Waals surface area (Å²) >= 11 is 2.08. The molecule has 0 fully saturated rings. The van der Waals surface area contributed by atoms with Crippen LogP contribution in [0.3, 0.4) is 0 Å². The van der Waals surface area contributed by atoms with E-state index in [0.29, 0.717) is 10.2 Å². The van der Waals surface area contributed by atoms with E-state index >= 15 is 0 Å². The van der Waals surface area contributed by atoms with Gasteiger partial charge in [0, 0.05) is 40.4 Å². The number of aliphatic hydroxyl groups is 1. The zero-order chi connectivity index (χ0) is 36.9. The number of nitrogens with zero attached hydrogens (tertiary/aromatic N) is 2. The standard InChI is InChI=1S/C33H38F7IN4O4/c1-31(2,3)49-30(48)43-28(32(4,5)33(38,39)40)26(46)15-20(12-18-6-8-21(41)9-7-18)27(47)17-42-16-22-23(34)13-19(14-24(22)35)25-10-11-45(44-25)29(36)37/h6-11,13-14,20,27-29,42,47H,12,15-17H2,1-5H3,(H,43,48)/t20-,27+,28-/m1/s1. The van der Waals surface area contributed by atoms with Gasteiger partial charge in [-0.05, 0) is 105 Å². The molecule has 1 aromatic heterocycles. The van der Waals surface area contributed by atoms with Crippen LogP contribution in [0.1, 0.15) is 58.7 Å². The van der Waals surface area contributed by atoms with Gasteiger partial charge in [-0.1, -0.05) is 12.1 Å². The highest BCUT2D eigenvalue weighted by Gasteiger charge is 2.55. The van der Waals surface area contributed by atoms with Crippen molar-refractivity contribution in [2.24, 2.45) is 11.3 Å². The predicted molar refractivity (Wildman–Crippen MR) is 176 cm³/mol. The summed E-state index contributed by atoms with van der Waals surface area (Å²) in [5.41, 5.74) is -3.72. The van der Waals surface area contributed by atoms with Gasteiger partial charge in [0.2, 0.25) is 0 Å². The minimum Gasteiger partial charge on any atom is -0.444 e. The zero-order valence-electron chi connectivity index (χ0n) is 27.3. The smallest absolute Gasteiger partial charge is 0.408 e. The lowest BCUT2D eigenvalue weighted by molar-refractivity contribution is -0.220. The predicted octanol–water partition coefficient (Wildman–Crippen LogP) is 7.58. The molecule has 3 N–H and O–H groups in total. The molecule has 2 aromatic carbocycles. The lowest BCUT2D eigenvalue weighted by Crippen LogP contribution is -2.57. The summed E-state index contributed by atoms with van der Waals surface area (Å²) in [6.07, 6.45) is -7.14. The van der Waals surface area contributed by atoms with Crippen molar-refractivity contribution in [3.05, 3.63) is 75.0 Å². The summed E-state index contributed by atoms with van der Waals surface area (Å²) < 4.78 is 104. The fourth-order valence-electron chi connectivity index (χ4n) is 4.93. The number of hydrogen-bond acceptors (Lipinski definition) is 6. The van der Waals surface area contributed by atoms with Crippen molar-refractivity contribution in [1.82, 2.24) is 20.4 Å². The Balaban J connectivity index is 1.82. The molecule has 16 heteroatoms. The summed E-state index contributed by atoms with van der Waals surface area (Å²) in [4.78, 5) is 26.2. The van der Waals surface area contributed by atoms with Crippen LogP contribution >= 0.6 is 22.6 Å². The molecule has 3 atom stereocenters. The lowest BCUT2D eigenvalue weighted by atomic mass is 9.77. The molecule has 49 heavy (non-hydrogen) atoms. The molecule has 0 unspecified atom stereocenters. The second-order valence-corrected chi connectivity index (χ2v) is 14.4. The number of hydrogen-bond donors (Lipinski definition) is 3. The van der Waals surface area contributed by atoms with Gasteiger partial charge in [0.05, 0.1) is 17.2 Å². The number of Topliss-reactive ketones (excluding diaryl/α,β-unsaturated/α-hetero) is 1. The van der Waals surface area contributed by atoms with Crippen LogP contribution in [-0.2, 0) is 22.5 Å². The molecule has 0 spiro atoms. The molecule has 0 saturated carbocycles. The topological polar surface area (TPSA) is 105 Å². The Labute approximate surface area is 292 Å². The van der Waals surface area contributed by atoms with Gasteiger partial charge in [-0.15, -0.1) is 0 Å². The van der Waals surface area contributed by atoms with Crippen LogP contribution in [0.15, 0.2) is 48.7 Å². The second kappa shape index (κ2) is 16.2. The first-order chi connectivity index (χ1) is 22.6. The fourth-order valence-corrected chi connectivity index (χ4v) is 5.29. The van der Waals surface area contributed by atoms with Crippen LogP contribution in [0, 0.1) is 26.5 Å². The van der Waals surface area contributed by atoms with Crippen LogP contribution in [0.2, 0.25) is 0 Å². The number of nitrogens with one attached hydrogen (secondary N) is 2. The van der Waals surface area contributed by atoms with E-state index in [2.05, 4.69) is 38.3 Å². The van der Waals surface area contributed by atoms with Gasteiger partial charge in [0.1, 0.15) is 23.3 Å². The van der Waals surface area contributed by atoms with Crippen molar-refractivity contribution in [2.45, 2.75) is 84.5 Å². The number of ether oxygens (including phenoxy) is 1. The number of alkyl carbamates (subject to hydrolysis) is 1. The molecular weight excluding hydrogens is 776 g/mol. The van der Waals surface area contributed by atoms with Crippen molar-refractivity contribution in [2.75, 3.05) is 6.54 Å². The molecule has 0 saturated heterocycles. The lowest BCUT2D eigenvalue weighted by Gasteiger charge is -2.37. The number of ketones is 1. The normalized spacial score (nSPS) is 14.4. The quantitative estimate of drug-likeness (QED) is 0.115. The van der Waals surface area contributed by atoms with E-state index in [0.717, 1.165) is 35.7 Å². The molecule has 270 valence electrons. The molecule has 3 rings (SSSR count). The molecule has 0 bridgehead atoms. The van der Waals surface area contributed by atoms with Gasteiger partial charge < -0.3 is 20.5 Å². The van der Waals surface area contributed by atoms with Crippen LogP contribution < -0.4 is 10.6 Å². The molecule has 1 amide bonds. The summed E-state index contributed by atoms with van der Waals surface area (Å²) in [6, 6.07) is 7.94. The van der Waals surface area contributed by atoms with E-state index in [4.69, 9.17) is 4.74 Å². The van der Waals surface area contributed by atoms with Crippen LogP contribution in [-0.4, -0.2) is 57.2 Å². The van der Waals surface area contributed by atoms with Crippen molar-refractivity contribution >= 4 is 34.5 Å². The minimum absolute atomic E-state index is 0.0415. The van der Waals surface area contributed by atoms with E-state index < -0.39 is 83.8 Å². The summed E-state index contributed by atoms with van der Waals surface area (Å²) in [5, 5.41) is 19.6. The Bertz CT molecular complexity index is 1570. The monoisotopic (exact) mass is 814 g/mol. The highest BCUT2D eigenvalue weighted by atomic mass is 127. The summed E-state index contributed by atoms with van der Waals surface area (Å²) in [7, 11) is 0. The summed E-state index contributed by atoms with van der Waals surface area (Å²) in [5.74, 6) is -4.03. The van der Waals surface area contributed by atoms with Crippen molar-refractivity contribution < 1.29 is 50.2 Å². The highest BCUT2D eigenvalue weighted by molar-refractivity contribution is 14.1. The number of aliphatic hydroxyl groups excluding tert-OH is 1. The maximum Gasteiger partial charge on any atom is 0.408 e. The van der Waals surface area contributed by atoms with Crippen LogP contribution in [0.4, 0.5) is 35.5 Å². The maximum absolute atomic E-state index is 14.9. The third-order valence-corrected chi connectivity index (χ3v) is 8.47. The number of rotatable bonds is 14. The summed E-state index contributed by atoms with van der Waals surface area (Å²) in [6.45, 7) is 2.38. The molecule has 1 heterocycles. The van der Waals surface area contributed by atoms with Crippen molar-refractivity contribution in [3.8, 4) is 11.3 Å². The molecule has 0 aliphatic heterocycles. The molecule has 0 radical (unpaired) electrons. The average Bonchev–Trinajstić information content (AvgIpc) is 3.47. The van der Waals surface area contributed by atoms with E-state index in [9.17, 15) is 45.4 Å². The van der Waals surface area contributed by atoms with E-state index in [1.165, 1.54) is 26.8 Å². The van der Waals surface area contributed by atoms with Gasteiger partial charge in [0.15, 0.2) is 5.78 Å². The van der Waals surface area contributed by atoms with Gasteiger partial charge in [-0.2, -0.15) is 27.1 Å². The zero-order valence-corrected chi connectivity index (χ0v) is 29.5. The number of carbonyl (C=O) groups is 2. The molecule has 0 aliphatic carbocycles.